The van der Waals surface area contributed by atoms with Crippen LogP contribution < -0.4 is 5.32 Å². The van der Waals surface area contributed by atoms with Gasteiger partial charge in [-0.25, -0.2) is 4.79 Å². The van der Waals surface area contributed by atoms with Gasteiger partial charge in [-0.1, -0.05) is 30.3 Å². The van der Waals surface area contributed by atoms with Crippen molar-refractivity contribution in [3.05, 3.63) is 94.3 Å². The van der Waals surface area contributed by atoms with Crippen LogP contribution in [0.1, 0.15) is 32.9 Å². The molecule has 0 radical (unpaired) electrons. The highest BCUT2D eigenvalue weighted by Crippen LogP contribution is 2.23. The van der Waals surface area contributed by atoms with Gasteiger partial charge in [0, 0.05) is 23.6 Å². The van der Waals surface area contributed by atoms with Gasteiger partial charge in [-0.3, -0.25) is 4.79 Å². The van der Waals surface area contributed by atoms with Gasteiger partial charge in [0.05, 0.1) is 12.7 Å². The lowest BCUT2D eigenvalue weighted by atomic mass is 10.1. The van der Waals surface area contributed by atoms with E-state index in [9.17, 15) is 14.9 Å². The van der Waals surface area contributed by atoms with Crippen molar-refractivity contribution in [3.8, 4) is 11.8 Å². The summed E-state index contributed by atoms with van der Waals surface area (Å²) in [7, 11) is 1.35. The first-order valence-corrected chi connectivity index (χ1v) is 9.76. The van der Waals surface area contributed by atoms with Gasteiger partial charge in [0.2, 0.25) is 0 Å². The molecular formula is C25H23N3O3. The van der Waals surface area contributed by atoms with Gasteiger partial charge in [-0.15, -0.1) is 0 Å². The summed E-state index contributed by atoms with van der Waals surface area (Å²) in [4.78, 5) is 24.2. The van der Waals surface area contributed by atoms with E-state index in [4.69, 9.17) is 4.74 Å². The number of amides is 1. The first kappa shape index (κ1) is 21.6. The van der Waals surface area contributed by atoms with E-state index in [0.717, 1.165) is 28.2 Å². The van der Waals surface area contributed by atoms with Crippen molar-refractivity contribution in [2.45, 2.75) is 20.4 Å². The summed E-state index contributed by atoms with van der Waals surface area (Å²) < 4.78 is 6.74. The second kappa shape index (κ2) is 9.59. The number of aromatic nitrogens is 1. The number of hydrogen-bond donors (Lipinski definition) is 1. The van der Waals surface area contributed by atoms with Gasteiger partial charge >= 0.3 is 5.97 Å². The minimum Gasteiger partial charge on any atom is -0.465 e. The van der Waals surface area contributed by atoms with Crippen LogP contribution in [0.5, 0.6) is 0 Å². The van der Waals surface area contributed by atoms with Gasteiger partial charge in [0.1, 0.15) is 11.6 Å². The number of benzene rings is 2. The lowest BCUT2D eigenvalue weighted by Crippen LogP contribution is -2.23. The van der Waals surface area contributed by atoms with Gasteiger partial charge in [0.15, 0.2) is 0 Å². The average molecular weight is 413 g/mol. The molecule has 0 atom stereocenters. The monoisotopic (exact) mass is 413 g/mol. The highest BCUT2D eigenvalue weighted by molar-refractivity contribution is 6.01. The first-order valence-electron chi connectivity index (χ1n) is 9.76. The number of esters is 1. The van der Waals surface area contributed by atoms with Crippen molar-refractivity contribution in [1.29, 1.82) is 5.26 Å². The highest BCUT2D eigenvalue weighted by atomic mass is 16.5. The Kier molecular flexibility index (Phi) is 6.68. The third-order valence-corrected chi connectivity index (χ3v) is 4.98. The van der Waals surface area contributed by atoms with Gasteiger partial charge in [-0.05, 0) is 61.4 Å². The number of carbonyl (C=O) groups is 2. The lowest BCUT2D eigenvalue weighted by molar-refractivity contribution is -0.117. The van der Waals surface area contributed by atoms with Crippen LogP contribution in [0.3, 0.4) is 0 Å². The second-order valence-electron chi connectivity index (χ2n) is 7.04. The smallest absolute Gasteiger partial charge is 0.337 e. The number of carbonyl (C=O) groups excluding carboxylic acids is 2. The van der Waals surface area contributed by atoms with Crippen molar-refractivity contribution in [2.24, 2.45) is 0 Å². The summed E-state index contributed by atoms with van der Waals surface area (Å²) in [5, 5.41) is 12.3. The maximum Gasteiger partial charge on any atom is 0.337 e. The number of nitrogens with one attached hydrogen (secondary N) is 1. The van der Waals surface area contributed by atoms with Gasteiger partial charge in [-0.2, -0.15) is 5.26 Å². The molecule has 1 heterocycles. The number of methoxy groups -OCH3 is 1. The molecule has 0 bridgehead atoms. The minimum absolute atomic E-state index is 0.0391. The zero-order valence-corrected chi connectivity index (χ0v) is 17.7. The van der Waals surface area contributed by atoms with Crippen LogP contribution in [-0.4, -0.2) is 23.6 Å². The molecule has 1 aromatic heterocycles. The number of aryl methyl sites for hydroxylation is 1. The predicted molar refractivity (Wildman–Crippen MR) is 118 cm³/mol. The van der Waals surface area contributed by atoms with E-state index in [1.807, 2.05) is 73.0 Å². The van der Waals surface area contributed by atoms with E-state index in [2.05, 4.69) is 5.32 Å². The molecule has 156 valence electrons. The van der Waals surface area contributed by atoms with Crippen LogP contribution in [0.25, 0.3) is 11.8 Å². The summed E-state index contributed by atoms with van der Waals surface area (Å²) in [5.41, 5.74) is 4.94. The molecule has 6 nitrogen and oxygen atoms in total. The Hall–Kier alpha value is -4.11. The molecule has 0 aliphatic carbocycles. The van der Waals surface area contributed by atoms with Crippen LogP contribution in [-0.2, 0) is 16.1 Å². The van der Waals surface area contributed by atoms with E-state index in [-0.39, 0.29) is 5.57 Å². The van der Waals surface area contributed by atoms with Crippen molar-refractivity contribution >= 4 is 18.0 Å². The fourth-order valence-corrected chi connectivity index (χ4v) is 3.37. The van der Waals surface area contributed by atoms with Crippen LogP contribution in [0.4, 0.5) is 0 Å². The Morgan fingerprint density at radius 1 is 1.10 bits per heavy atom. The standard InChI is InChI=1S/C25H23N3O3/c1-17-13-21(14-22(15-26)24(29)27-16-19-7-5-4-6-8-19)18(2)28(17)23-11-9-20(10-12-23)25(30)31-3/h4-14H,16H2,1-3H3,(H,27,29). The van der Waals surface area contributed by atoms with Gasteiger partial charge < -0.3 is 14.6 Å². The van der Waals surface area contributed by atoms with Crippen molar-refractivity contribution in [2.75, 3.05) is 7.11 Å². The zero-order valence-electron chi connectivity index (χ0n) is 17.7. The van der Waals surface area contributed by atoms with Crippen LogP contribution in [0, 0.1) is 25.2 Å². The van der Waals surface area contributed by atoms with E-state index in [0.29, 0.717) is 12.1 Å². The van der Waals surface area contributed by atoms with E-state index in [1.54, 1.807) is 18.2 Å². The normalized spacial score (nSPS) is 11.0. The largest absolute Gasteiger partial charge is 0.465 e. The third kappa shape index (κ3) is 4.90. The number of rotatable bonds is 6. The number of hydrogen-bond acceptors (Lipinski definition) is 4. The highest BCUT2D eigenvalue weighted by Gasteiger charge is 2.14. The van der Waals surface area contributed by atoms with E-state index >= 15 is 0 Å². The first-order chi connectivity index (χ1) is 14.9. The van der Waals surface area contributed by atoms with E-state index in [1.165, 1.54) is 7.11 Å². The van der Waals surface area contributed by atoms with Crippen LogP contribution in [0.15, 0.2) is 66.2 Å². The minimum atomic E-state index is -0.418. The number of nitriles is 1. The molecule has 31 heavy (non-hydrogen) atoms. The molecule has 0 aliphatic rings. The van der Waals surface area contributed by atoms with Crippen molar-refractivity contribution in [1.82, 2.24) is 9.88 Å². The van der Waals surface area contributed by atoms with Gasteiger partial charge in [0.25, 0.3) is 5.91 Å². The second-order valence-corrected chi connectivity index (χ2v) is 7.04. The fraction of sp³-hybridized carbons (Fsp3) is 0.160. The Bertz CT molecular complexity index is 1170. The molecular weight excluding hydrogens is 390 g/mol. The van der Waals surface area contributed by atoms with Crippen molar-refractivity contribution < 1.29 is 14.3 Å². The average Bonchev–Trinajstić information content (AvgIpc) is 3.08. The van der Waals surface area contributed by atoms with E-state index < -0.39 is 11.9 Å². The molecule has 3 aromatic rings. The SMILES string of the molecule is COC(=O)c1ccc(-n2c(C)cc(C=C(C#N)C(=O)NCc3ccccc3)c2C)cc1. The summed E-state index contributed by atoms with van der Waals surface area (Å²) in [6.45, 7) is 4.22. The molecule has 1 N–H and O–H groups in total. The maximum absolute atomic E-state index is 12.5. The molecule has 0 spiro atoms. The molecule has 0 fully saturated rings. The Morgan fingerprint density at radius 3 is 2.39 bits per heavy atom. The number of ether oxygens (including phenoxy) is 1. The summed E-state index contributed by atoms with van der Waals surface area (Å²) in [6.07, 6.45) is 1.60. The molecule has 6 heteroatoms. The lowest BCUT2D eigenvalue weighted by Gasteiger charge is -2.10. The zero-order chi connectivity index (χ0) is 22.4. The molecule has 0 aliphatic heterocycles. The maximum atomic E-state index is 12.5. The van der Waals surface area contributed by atoms with Crippen LogP contribution >= 0.6 is 0 Å². The molecule has 0 saturated carbocycles. The third-order valence-electron chi connectivity index (χ3n) is 4.98. The molecule has 2 aromatic carbocycles. The summed E-state index contributed by atoms with van der Waals surface area (Å²) >= 11 is 0. The molecule has 1 amide bonds. The molecule has 0 unspecified atom stereocenters. The Labute approximate surface area is 181 Å². The summed E-state index contributed by atoms with van der Waals surface area (Å²) in [5.74, 6) is -0.810. The van der Waals surface area contributed by atoms with Crippen LogP contribution in [0.2, 0.25) is 0 Å². The van der Waals surface area contributed by atoms with Crippen molar-refractivity contribution in [3.63, 3.8) is 0 Å². The molecule has 0 saturated heterocycles. The number of nitrogens with zero attached hydrogens (tertiary/aromatic N) is 2. The Morgan fingerprint density at radius 2 is 1.77 bits per heavy atom. The summed E-state index contributed by atoms with van der Waals surface area (Å²) in [6, 6.07) is 20.5. The fourth-order valence-electron chi connectivity index (χ4n) is 3.37. The Balaban J connectivity index is 1.84. The quantitative estimate of drug-likeness (QED) is 0.375. The predicted octanol–water partition coefficient (Wildman–Crippen LogP) is 4.10. The topological polar surface area (TPSA) is 84.1 Å². The molecule has 3 rings (SSSR count).